The van der Waals surface area contributed by atoms with Crippen LogP contribution in [0.1, 0.15) is 16.2 Å². The van der Waals surface area contributed by atoms with Crippen LogP contribution in [0.4, 0.5) is 4.39 Å². The largest absolute Gasteiger partial charge is 0.467 e. The Morgan fingerprint density at radius 1 is 1.16 bits per heavy atom. The lowest BCUT2D eigenvalue weighted by Crippen LogP contribution is -2.36. The summed E-state index contributed by atoms with van der Waals surface area (Å²) in [4.78, 5) is 23.7. The molecular weight excluding hydrogens is 327 g/mol. The summed E-state index contributed by atoms with van der Waals surface area (Å²) >= 11 is 0. The number of benzene rings is 1. The molecule has 8 heteroatoms. The summed E-state index contributed by atoms with van der Waals surface area (Å²) in [5.41, 5.74) is 1.39. The molecule has 0 saturated heterocycles. The van der Waals surface area contributed by atoms with Crippen molar-refractivity contribution in [2.75, 3.05) is 6.54 Å². The molecule has 0 spiro atoms. The number of aromatic amines is 1. The number of hydrogen-bond donors (Lipinski definition) is 3. The Kier molecular flexibility index (Phi) is 4.89. The van der Waals surface area contributed by atoms with Gasteiger partial charge in [0, 0.05) is 5.56 Å². The summed E-state index contributed by atoms with van der Waals surface area (Å²) in [6.45, 7) is 0.0743. The van der Waals surface area contributed by atoms with Gasteiger partial charge in [-0.25, -0.2) is 4.39 Å². The van der Waals surface area contributed by atoms with Crippen LogP contribution in [0.15, 0.2) is 53.1 Å². The zero-order valence-corrected chi connectivity index (χ0v) is 13.1. The zero-order chi connectivity index (χ0) is 17.6. The van der Waals surface area contributed by atoms with Crippen LogP contribution in [0, 0.1) is 5.82 Å². The van der Waals surface area contributed by atoms with Crippen LogP contribution in [-0.4, -0.2) is 28.6 Å². The number of carbonyl (C=O) groups excluding carboxylic acids is 2. The number of carbonyl (C=O) groups is 2. The third-order valence-electron chi connectivity index (χ3n) is 3.41. The van der Waals surface area contributed by atoms with E-state index in [2.05, 4.69) is 20.8 Å². The second kappa shape index (κ2) is 7.43. The highest BCUT2D eigenvalue weighted by Gasteiger charge is 2.12. The van der Waals surface area contributed by atoms with Crippen molar-refractivity contribution in [3.63, 3.8) is 0 Å². The number of amides is 2. The maximum absolute atomic E-state index is 12.9. The molecule has 0 atom stereocenters. The van der Waals surface area contributed by atoms with E-state index in [0.29, 0.717) is 17.0 Å². The Morgan fingerprint density at radius 2 is 1.96 bits per heavy atom. The normalized spacial score (nSPS) is 10.4. The molecule has 7 nitrogen and oxygen atoms in total. The highest BCUT2D eigenvalue weighted by atomic mass is 19.1. The third kappa shape index (κ3) is 4.31. The molecule has 0 fully saturated rings. The van der Waals surface area contributed by atoms with Gasteiger partial charge >= 0.3 is 0 Å². The van der Waals surface area contributed by atoms with Gasteiger partial charge in [-0.3, -0.25) is 14.7 Å². The maximum Gasteiger partial charge on any atom is 0.269 e. The first-order chi connectivity index (χ1) is 12.1. The molecule has 0 radical (unpaired) electrons. The van der Waals surface area contributed by atoms with Crippen molar-refractivity contribution < 1.29 is 18.4 Å². The van der Waals surface area contributed by atoms with Crippen molar-refractivity contribution in [1.82, 2.24) is 20.8 Å². The van der Waals surface area contributed by atoms with E-state index in [0.717, 1.165) is 0 Å². The fourth-order valence-electron chi connectivity index (χ4n) is 2.12. The molecule has 0 aliphatic heterocycles. The molecule has 1 aromatic carbocycles. The highest BCUT2D eigenvalue weighted by Crippen LogP contribution is 2.17. The van der Waals surface area contributed by atoms with E-state index in [1.165, 1.54) is 24.5 Å². The monoisotopic (exact) mass is 342 g/mol. The van der Waals surface area contributed by atoms with E-state index >= 15 is 0 Å². The van der Waals surface area contributed by atoms with Crippen molar-refractivity contribution in [2.24, 2.45) is 0 Å². The summed E-state index contributed by atoms with van der Waals surface area (Å²) in [5, 5.41) is 11.7. The van der Waals surface area contributed by atoms with Crippen molar-refractivity contribution in [1.29, 1.82) is 0 Å². The van der Waals surface area contributed by atoms with E-state index in [1.807, 2.05) is 0 Å². The molecule has 2 amide bonds. The smallest absolute Gasteiger partial charge is 0.269 e. The van der Waals surface area contributed by atoms with Gasteiger partial charge in [-0.05, 0) is 42.5 Å². The number of rotatable bonds is 6. The van der Waals surface area contributed by atoms with E-state index in [1.54, 1.807) is 24.3 Å². The van der Waals surface area contributed by atoms with E-state index in [9.17, 15) is 14.0 Å². The lowest BCUT2D eigenvalue weighted by Gasteiger charge is -2.04. The predicted molar refractivity (Wildman–Crippen MR) is 86.9 cm³/mol. The van der Waals surface area contributed by atoms with Gasteiger partial charge in [-0.1, -0.05) is 0 Å². The highest BCUT2D eigenvalue weighted by molar-refractivity contribution is 5.95. The fraction of sp³-hybridized carbons (Fsp3) is 0.118. The minimum atomic E-state index is -0.464. The number of halogens is 1. The molecule has 3 N–H and O–H groups in total. The Labute approximate surface area is 142 Å². The molecule has 128 valence electrons. The van der Waals surface area contributed by atoms with Gasteiger partial charge in [-0.15, -0.1) is 0 Å². The molecule has 0 aliphatic rings. The van der Waals surface area contributed by atoms with Crippen LogP contribution in [0.3, 0.4) is 0 Å². The van der Waals surface area contributed by atoms with Crippen LogP contribution in [0.5, 0.6) is 0 Å². The number of H-pyrrole nitrogens is 1. The molecular formula is C17H15FN4O3. The second-order valence-electron chi connectivity index (χ2n) is 5.21. The van der Waals surface area contributed by atoms with Crippen LogP contribution in [0.25, 0.3) is 11.3 Å². The van der Waals surface area contributed by atoms with Gasteiger partial charge in [0.15, 0.2) is 0 Å². The molecule has 3 aromatic rings. The number of aromatic nitrogens is 2. The Bertz CT molecular complexity index is 856. The Balaban J connectivity index is 1.51. The van der Waals surface area contributed by atoms with Gasteiger partial charge in [0.2, 0.25) is 5.91 Å². The lowest BCUT2D eigenvalue weighted by molar-refractivity contribution is -0.120. The lowest BCUT2D eigenvalue weighted by atomic mass is 10.1. The van der Waals surface area contributed by atoms with E-state index in [-0.39, 0.29) is 30.5 Å². The van der Waals surface area contributed by atoms with Gasteiger partial charge in [-0.2, -0.15) is 5.10 Å². The standard InChI is InChI=1S/C17H15FN4O3/c18-12-5-3-11(4-6-12)14-8-15(22-21-14)17(24)20-10-16(23)19-9-13-2-1-7-25-13/h1-8H,9-10H2,(H,19,23)(H,20,24)(H,21,22). The minimum Gasteiger partial charge on any atom is -0.467 e. The molecule has 0 aliphatic carbocycles. The number of nitrogens with one attached hydrogen (secondary N) is 3. The average Bonchev–Trinajstić information content (AvgIpc) is 3.30. The van der Waals surface area contributed by atoms with Crippen molar-refractivity contribution in [3.05, 3.63) is 66.0 Å². The Hall–Kier alpha value is -3.42. The maximum atomic E-state index is 12.9. The quantitative estimate of drug-likeness (QED) is 0.636. The summed E-state index contributed by atoms with van der Waals surface area (Å²) in [5.74, 6) is -0.535. The number of furan rings is 1. The van der Waals surface area contributed by atoms with Crippen LogP contribution in [0.2, 0.25) is 0 Å². The summed E-state index contributed by atoms with van der Waals surface area (Å²) in [6.07, 6.45) is 1.51. The molecule has 25 heavy (non-hydrogen) atoms. The molecule has 2 heterocycles. The fourth-order valence-corrected chi connectivity index (χ4v) is 2.12. The summed E-state index contributed by atoms with van der Waals surface area (Å²) < 4.78 is 18.0. The van der Waals surface area contributed by atoms with Crippen LogP contribution >= 0.6 is 0 Å². The zero-order valence-electron chi connectivity index (χ0n) is 13.1. The first-order valence-corrected chi connectivity index (χ1v) is 7.50. The van der Waals surface area contributed by atoms with Crippen molar-refractivity contribution in [2.45, 2.75) is 6.54 Å². The second-order valence-corrected chi connectivity index (χ2v) is 5.21. The minimum absolute atomic E-state index is 0.176. The SMILES string of the molecule is O=C(CNC(=O)c1cc(-c2ccc(F)cc2)n[nH]1)NCc1ccco1. The molecule has 2 aromatic heterocycles. The topological polar surface area (TPSA) is 100 Å². The summed E-state index contributed by atoms with van der Waals surface area (Å²) in [7, 11) is 0. The van der Waals surface area contributed by atoms with Gasteiger partial charge in [0.25, 0.3) is 5.91 Å². The van der Waals surface area contributed by atoms with Crippen molar-refractivity contribution in [3.8, 4) is 11.3 Å². The van der Waals surface area contributed by atoms with Gasteiger partial charge < -0.3 is 15.1 Å². The molecule has 3 rings (SSSR count). The molecule has 0 bridgehead atoms. The first kappa shape index (κ1) is 16.4. The molecule has 0 unspecified atom stereocenters. The number of nitrogens with zero attached hydrogens (tertiary/aromatic N) is 1. The molecule has 0 saturated carbocycles. The van der Waals surface area contributed by atoms with Crippen LogP contribution < -0.4 is 10.6 Å². The van der Waals surface area contributed by atoms with Gasteiger partial charge in [0.1, 0.15) is 17.3 Å². The van der Waals surface area contributed by atoms with E-state index < -0.39 is 5.91 Å². The van der Waals surface area contributed by atoms with Crippen LogP contribution in [-0.2, 0) is 11.3 Å². The van der Waals surface area contributed by atoms with E-state index in [4.69, 9.17) is 4.42 Å². The predicted octanol–water partition coefficient (Wildman–Crippen LogP) is 1.85. The van der Waals surface area contributed by atoms with Gasteiger partial charge in [0.05, 0.1) is 25.0 Å². The first-order valence-electron chi connectivity index (χ1n) is 7.50. The van der Waals surface area contributed by atoms with Crippen molar-refractivity contribution >= 4 is 11.8 Å². The average molecular weight is 342 g/mol. The third-order valence-corrected chi connectivity index (χ3v) is 3.41. The Morgan fingerprint density at radius 3 is 2.68 bits per heavy atom. The number of hydrogen-bond acceptors (Lipinski definition) is 4. The summed E-state index contributed by atoms with van der Waals surface area (Å²) in [6, 6.07) is 10.7.